The summed E-state index contributed by atoms with van der Waals surface area (Å²) in [6, 6.07) is 8.43. The van der Waals surface area contributed by atoms with Gasteiger partial charge in [0.2, 0.25) is 0 Å². The number of nitrogens with one attached hydrogen (secondary N) is 1. The zero-order chi connectivity index (χ0) is 13.8. The number of nitro groups is 1. The van der Waals surface area contributed by atoms with Crippen LogP contribution in [0.4, 0.5) is 11.5 Å². The third kappa shape index (κ3) is 2.98. The van der Waals surface area contributed by atoms with Crippen LogP contribution in [0.5, 0.6) is 5.75 Å². The van der Waals surface area contributed by atoms with E-state index in [-0.39, 0.29) is 11.4 Å². The summed E-state index contributed by atoms with van der Waals surface area (Å²) in [7, 11) is 0. The molecule has 2 rings (SSSR count). The molecule has 0 bridgehead atoms. The second-order valence-corrected chi connectivity index (χ2v) is 4.10. The molecule has 1 aromatic heterocycles. The van der Waals surface area contributed by atoms with Crippen molar-refractivity contribution < 1.29 is 10.0 Å². The van der Waals surface area contributed by atoms with Crippen molar-refractivity contribution in [2.75, 3.05) is 5.32 Å². The third-order valence-corrected chi connectivity index (χ3v) is 2.71. The number of benzene rings is 1. The topological polar surface area (TPSA) is 88.3 Å². The van der Waals surface area contributed by atoms with Gasteiger partial charge in [-0.05, 0) is 18.6 Å². The van der Waals surface area contributed by atoms with Crippen molar-refractivity contribution in [2.24, 2.45) is 0 Å². The van der Waals surface area contributed by atoms with Crippen LogP contribution in [0.25, 0.3) is 0 Å². The highest BCUT2D eigenvalue weighted by Gasteiger charge is 2.09. The number of nitrogens with zero attached hydrogens (tertiary/aromatic N) is 2. The van der Waals surface area contributed by atoms with Gasteiger partial charge in [0.15, 0.2) is 0 Å². The van der Waals surface area contributed by atoms with Gasteiger partial charge in [0.1, 0.15) is 17.8 Å². The molecule has 19 heavy (non-hydrogen) atoms. The molecule has 0 spiro atoms. The Morgan fingerprint density at radius 1 is 1.42 bits per heavy atom. The number of anilines is 1. The molecule has 0 aliphatic heterocycles. The maximum atomic E-state index is 10.6. The first-order chi connectivity index (χ1) is 9.08. The van der Waals surface area contributed by atoms with Crippen molar-refractivity contribution in [3.63, 3.8) is 0 Å². The smallest absolute Gasteiger partial charge is 0.287 e. The van der Waals surface area contributed by atoms with E-state index in [1.54, 1.807) is 25.1 Å². The molecule has 0 saturated carbocycles. The second-order valence-electron chi connectivity index (χ2n) is 4.10. The Morgan fingerprint density at radius 3 is 2.79 bits per heavy atom. The van der Waals surface area contributed by atoms with Crippen LogP contribution in [0.1, 0.15) is 11.1 Å². The fourth-order valence-electron chi connectivity index (χ4n) is 1.68. The molecule has 0 unspecified atom stereocenters. The predicted molar refractivity (Wildman–Crippen MR) is 71.1 cm³/mol. The largest absolute Gasteiger partial charge is 0.508 e. The molecule has 0 atom stereocenters. The third-order valence-electron chi connectivity index (χ3n) is 2.71. The van der Waals surface area contributed by atoms with Gasteiger partial charge in [0.05, 0.1) is 4.92 Å². The first-order valence-corrected chi connectivity index (χ1v) is 5.69. The van der Waals surface area contributed by atoms with Gasteiger partial charge in [-0.3, -0.25) is 10.1 Å². The van der Waals surface area contributed by atoms with E-state index in [2.05, 4.69) is 10.3 Å². The molecule has 2 aromatic rings. The van der Waals surface area contributed by atoms with Gasteiger partial charge in [0.25, 0.3) is 5.69 Å². The van der Waals surface area contributed by atoms with E-state index in [9.17, 15) is 15.2 Å². The van der Waals surface area contributed by atoms with Crippen molar-refractivity contribution in [1.82, 2.24) is 4.98 Å². The van der Waals surface area contributed by atoms with Gasteiger partial charge in [-0.25, -0.2) is 4.98 Å². The molecule has 0 fully saturated rings. The Bertz CT molecular complexity index is 614. The van der Waals surface area contributed by atoms with E-state index in [4.69, 9.17) is 0 Å². The lowest BCUT2D eigenvalue weighted by Gasteiger charge is -2.09. The number of hydrogen-bond donors (Lipinski definition) is 2. The highest BCUT2D eigenvalue weighted by Crippen LogP contribution is 2.20. The van der Waals surface area contributed by atoms with E-state index >= 15 is 0 Å². The number of phenols is 1. The van der Waals surface area contributed by atoms with Crippen LogP contribution in [-0.4, -0.2) is 15.0 Å². The maximum absolute atomic E-state index is 10.6. The minimum atomic E-state index is -0.479. The van der Waals surface area contributed by atoms with E-state index in [1.807, 2.05) is 6.07 Å². The van der Waals surface area contributed by atoms with Crippen LogP contribution in [0.2, 0.25) is 0 Å². The van der Waals surface area contributed by atoms with Crippen molar-refractivity contribution >= 4 is 11.5 Å². The minimum Gasteiger partial charge on any atom is -0.508 e. The molecular formula is C13H13N3O3. The van der Waals surface area contributed by atoms with E-state index in [0.29, 0.717) is 17.9 Å². The summed E-state index contributed by atoms with van der Waals surface area (Å²) in [6.07, 6.45) is 1.21. The van der Waals surface area contributed by atoms with Crippen LogP contribution in [0, 0.1) is 17.0 Å². The van der Waals surface area contributed by atoms with E-state index < -0.39 is 4.92 Å². The fraction of sp³-hybridized carbons (Fsp3) is 0.154. The summed E-state index contributed by atoms with van der Waals surface area (Å²) >= 11 is 0. The number of hydrogen-bond acceptors (Lipinski definition) is 5. The lowest BCUT2D eigenvalue weighted by Crippen LogP contribution is -2.04. The minimum absolute atomic E-state index is 0.0365. The number of aromatic hydroxyl groups is 1. The Kier molecular flexibility index (Phi) is 3.61. The number of pyridine rings is 1. The molecule has 6 heteroatoms. The molecule has 0 aliphatic rings. The summed E-state index contributed by atoms with van der Waals surface area (Å²) in [5, 5.41) is 23.3. The van der Waals surface area contributed by atoms with Crippen molar-refractivity contribution in [3.8, 4) is 5.75 Å². The van der Waals surface area contributed by atoms with Crippen LogP contribution < -0.4 is 5.32 Å². The van der Waals surface area contributed by atoms with Crippen molar-refractivity contribution in [1.29, 1.82) is 0 Å². The van der Waals surface area contributed by atoms with Crippen LogP contribution in [0.15, 0.2) is 36.5 Å². The van der Waals surface area contributed by atoms with Crippen LogP contribution in [0.3, 0.4) is 0 Å². The standard InChI is InChI=1S/C13H13N3O3/c1-9-6-11(16(18)19)8-15-13(9)14-7-10-4-2-3-5-12(10)17/h2-6,8,17H,7H2,1H3,(H,14,15). The van der Waals surface area contributed by atoms with Gasteiger partial charge >= 0.3 is 0 Å². The number of rotatable bonds is 4. The molecular weight excluding hydrogens is 246 g/mol. The summed E-state index contributed by atoms with van der Waals surface area (Å²) in [5.74, 6) is 0.767. The molecule has 2 N–H and O–H groups in total. The second kappa shape index (κ2) is 5.34. The number of aryl methyl sites for hydroxylation is 1. The summed E-state index contributed by atoms with van der Waals surface area (Å²) in [4.78, 5) is 14.1. The average Bonchev–Trinajstić information content (AvgIpc) is 2.39. The van der Waals surface area contributed by atoms with Crippen molar-refractivity contribution in [2.45, 2.75) is 13.5 Å². The molecule has 98 valence electrons. The highest BCUT2D eigenvalue weighted by atomic mass is 16.6. The summed E-state index contributed by atoms with van der Waals surface area (Å²) < 4.78 is 0. The average molecular weight is 259 g/mol. The van der Waals surface area contributed by atoms with E-state index in [1.165, 1.54) is 12.3 Å². The Balaban J connectivity index is 2.12. The quantitative estimate of drug-likeness (QED) is 0.650. The van der Waals surface area contributed by atoms with Gasteiger partial charge < -0.3 is 10.4 Å². The fourth-order valence-corrected chi connectivity index (χ4v) is 1.68. The Hall–Kier alpha value is -2.63. The Morgan fingerprint density at radius 2 is 2.16 bits per heavy atom. The lowest BCUT2D eigenvalue weighted by atomic mass is 10.2. The molecule has 1 heterocycles. The normalized spacial score (nSPS) is 10.2. The van der Waals surface area contributed by atoms with Gasteiger partial charge in [-0.2, -0.15) is 0 Å². The van der Waals surface area contributed by atoms with Crippen molar-refractivity contribution in [3.05, 3.63) is 57.8 Å². The first-order valence-electron chi connectivity index (χ1n) is 5.69. The SMILES string of the molecule is Cc1cc([N+](=O)[O-])cnc1NCc1ccccc1O. The predicted octanol–water partition coefficient (Wildman–Crippen LogP) is 2.62. The van der Waals surface area contributed by atoms with Gasteiger partial charge in [-0.15, -0.1) is 0 Å². The number of phenolic OH excluding ortho intramolecular Hbond substituents is 1. The number of para-hydroxylation sites is 1. The zero-order valence-electron chi connectivity index (χ0n) is 10.3. The Labute approximate surface area is 109 Å². The molecule has 0 saturated heterocycles. The monoisotopic (exact) mass is 259 g/mol. The molecule has 0 amide bonds. The molecule has 6 nitrogen and oxygen atoms in total. The summed E-state index contributed by atoms with van der Waals surface area (Å²) in [5.41, 5.74) is 1.39. The highest BCUT2D eigenvalue weighted by molar-refractivity contribution is 5.49. The molecule has 0 radical (unpaired) electrons. The number of aromatic nitrogens is 1. The zero-order valence-corrected chi connectivity index (χ0v) is 10.3. The van der Waals surface area contributed by atoms with Gasteiger partial charge in [0, 0.05) is 18.2 Å². The van der Waals surface area contributed by atoms with Gasteiger partial charge in [-0.1, -0.05) is 18.2 Å². The lowest BCUT2D eigenvalue weighted by molar-refractivity contribution is -0.385. The first kappa shape index (κ1) is 12.8. The maximum Gasteiger partial charge on any atom is 0.287 e. The van der Waals surface area contributed by atoms with Crippen LogP contribution >= 0.6 is 0 Å². The van der Waals surface area contributed by atoms with Crippen LogP contribution in [-0.2, 0) is 6.54 Å². The molecule has 1 aromatic carbocycles. The summed E-state index contributed by atoms with van der Waals surface area (Å²) in [6.45, 7) is 2.14. The van der Waals surface area contributed by atoms with E-state index in [0.717, 1.165) is 5.56 Å². The molecule has 0 aliphatic carbocycles.